The van der Waals surface area contributed by atoms with E-state index in [9.17, 15) is 10.3 Å². The van der Waals surface area contributed by atoms with E-state index >= 15 is 0 Å². The molecule has 1 aromatic heterocycles. The quantitative estimate of drug-likeness (QED) is 0.190. The number of aromatic nitrogens is 1. The topological polar surface area (TPSA) is 44.3 Å². The number of fused-ring (bicyclic) bond motifs is 3. The normalized spacial score (nSPS) is 11.4. The van der Waals surface area contributed by atoms with Gasteiger partial charge in [0, 0.05) is 0 Å². The third-order valence-electron chi connectivity index (χ3n) is 3.96. The molecule has 2 aromatic carbocycles. The summed E-state index contributed by atoms with van der Waals surface area (Å²) in [5, 5.41) is 22.7. The summed E-state index contributed by atoms with van der Waals surface area (Å²) in [6.45, 7) is -0.0214. The van der Waals surface area contributed by atoms with Crippen LogP contribution in [0.2, 0.25) is 14.8 Å². The molecule has 0 amide bonds. The Hall–Kier alpha value is -0.981. The van der Waals surface area contributed by atoms with E-state index in [2.05, 4.69) is 45.6 Å². The van der Waals surface area contributed by atoms with E-state index in [1.165, 1.54) is 8.97 Å². The van der Waals surface area contributed by atoms with Crippen molar-refractivity contribution < 1.29 is 15.0 Å². The van der Waals surface area contributed by atoms with Gasteiger partial charge in [-0.2, -0.15) is 12.6 Å². The van der Waals surface area contributed by atoms with Gasteiger partial charge in [-0.15, -0.1) is 0 Å². The number of aliphatic hydroxyl groups excluding tert-OH is 1. The van der Waals surface area contributed by atoms with E-state index in [1.54, 1.807) is 12.5 Å². The van der Waals surface area contributed by atoms with Gasteiger partial charge in [0.2, 0.25) is 0 Å². The first-order chi connectivity index (χ1) is 10.9. The zero-order valence-corrected chi connectivity index (χ0v) is 17.8. The Morgan fingerprint density at radius 1 is 1.00 bits per heavy atom. The minimum absolute atomic E-state index is 0.0214. The van der Waals surface area contributed by atoms with Crippen molar-refractivity contribution in [3.05, 3.63) is 48.2 Å². The van der Waals surface area contributed by atoms with Crippen molar-refractivity contribution in [1.29, 1.82) is 0 Å². The van der Waals surface area contributed by atoms with Crippen LogP contribution in [-0.4, -0.2) is 34.9 Å². The third-order valence-corrected chi connectivity index (χ3v) is 9.79. The number of hydrogen-bond donors (Lipinski definition) is 3. The fourth-order valence-corrected chi connectivity index (χ4v) is 5.98. The summed E-state index contributed by atoms with van der Waals surface area (Å²) in [4.78, 5) is 7.20. The maximum absolute atomic E-state index is 10.2. The Bertz CT molecular complexity index is 844. The van der Waals surface area contributed by atoms with Crippen LogP contribution >= 0.6 is 12.6 Å². The molecule has 2 N–H and O–H groups in total. The van der Waals surface area contributed by atoms with Gasteiger partial charge in [0.05, 0.1) is 0 Å². The van der Waals surface area contributed by atoms with Crippen LogP contribution in [0.1, 0.15) is 5.56 Å². The van der Waals surface area contributed by atoms with Gasteiger partial charge in [0.15, 0.2) is 0 Å². The van der Waals surface area contributed by atoms with Crippen molar-refractivity contribution in [1.82, 2.24) is 0 Å². The molecule has 0 atom stereocenters. The summed E-state index contributed by atoms with van der Waals surface area (Å²) in [7, 11) is 0. The van der Waals surface area contributed by atoms with Gasteiger partial charge < -0.3 is 0 Å². The van der Waals surface area contributed by atoms with Crippen molar-refractivity contribution in [2.75, 3.05) is 6.26 Å². The van der Waals surface area contributed by atoms with Crippen LogP contribution in [0.25, 0.3) is 21.7 Å². The van der Waals surface area contributed by atoms with Gasteiger partial charge in [-0.1, -0.05) is 0 Å². The van der Waals surface area contributed by atoms with Crippen LogP contribution in [0.5, 0.6) is 0 Å². The Labute approximate surface area is 146 Å². The van der Waals surface area contributed by atoms with Crippen LogP contribution in [0.15, 0.2) is 42.6 Å². The van der Waals surface area contributed by atoms with Crippen molar-refractivity contribution in [2.45, 2.75) is 21.4 Å². The van der Waals surface area contributed by atoms with Gasteiger partial charge in [-0.05, 0) is 6.26 Å². The average molecular weight is 437 g/mol. The molecule has 0 radical (unpaired) electrons. The molecule has 3 nitrogen and oxygen atoms in total. The van der Waals surface area contributed by atoms with E-state index in [0.717, 1.165) is 26.6 Å². The molecule has 23 heavy (non-hydrogen) atoms. The molecule has 122 valence electrons. The van der Waals surface area contributed by atoms with E-state index in [-0.39, 0.29) is 6.61 Å². The molecule has 0 unspecified atom stereocenters. The molecule has 0 fully saturated rings. The number of nitrogens with zero attached hydrogens (tertiary/aromatic N) is 1. The molecule has 0 bridgehead atoms. The Morgan fingerprint density at radius 2 is 1.70 bits per heavy atom. The maximum atomic E-state index is 10.2. The van der Waals surface area contributed by atoms with Crippen molar-refractivity contribution in [2.24, 2.45) is 0 Å². The summed E-state index contributed by atoms with van der Waals surface area (Å²) >= 11 is 1.40. The molecule has 1 heterocycles. The Kier molecular flexibility index (Phi) is 5.81. The summed E-state index contributed by atoms with van der Waals surface area (Å²) in [5.74, 6) is 0. The van der Waals surface area contributed by atoms with E-state index < -0.39 is 18.4 Å². The number of rotatable bonds is 2. The first-order valence-corrected chi connectivity index (χ1v) is 18.4. The van der Waals surface area contributed by atoms with Gasteiger partial charge in [-0.25, -0.2) is 0 Å². The molecule has 0 aliphatic carbocycles. The van der Waals surface area contributed by atoms with Crippen LogP contribution < -0.4 is 8.31 Å². The second kappa shape index (κ2) is 7.28. The third kappa shape index (κ3) is 3.75. The zero-order chi connectivity index (χ0) is 17.2. The molecular formula is C18H24NO2SSn+. The van der Waals surface area contributed by atoms with Crippen molar-refractivity contribution in [3.8, 4) is 0 Å². The van der Waals surface area contributed by atoms with Crippen LogP contribution in [0.4, 0.5) is 0 Å². The number of hydrogen-bond acceptors (Lipinski definition) is 3. The van der Waals surface area contributed by atoms with Crippen LogP contribution in [0.3, 0.4) is 0 Å². The van der Waals surface area contributed by atoms with Crippen molar-refractivity contribution >= 4 is 56.3 Å². The fourth-order valence-electron chi connectivity index (χ4n) is 2.66. The molecule has 5 heteroatoms. The standard InChI is InChI=1S/C14H11NO2.CH4S.3CH3.Sn/c16-9-10-5-6-13-12-4-2-1-3-11(12)8-15(17)14(13)7-10;1-2;;;;/h1,3-8,16-17H,9H2;2H,1H3;3*1H3;/q+1;;;;;. The van der Waals surface area contributed by atoms with E-state index in [1.807, 2.05) is 18.2 Å². The Morgan fingerprint density at radius 3 is 2.30 bits per heavy atom. The molecule has 0 aliphatic heterocycles. The predicted molar refractivity (Wildman–Crippen MR) is 103 cm³/mol. The van der Waals surface area contributed by atoms with Crippen molar-refractivity contribution in [3.63, 3.8) is 0 Å². The van der Waals surface area contributed by atoms with E-state index in [4.69, 9.17) is 0 Å². The molecule has 0 saturated heterocycles. The number of benzene rings is 2. The first kappa shape index (κ1) is 18.4. The zero-order valence-electron chi connectivity index (χ0n) is 14.0. The van der Waals surface area contributed by atoms with Gasteiger partial charge in [-0.3, -0.25) is 0 Å². The molecule has 0 spiro atoms. The molecular weight excluding hydrogens is 413 g/mol. The van der Waals surface area contributed by atoms with E-state index in [0.29, 0.717) is 0 Å². The molecule has 0 aliphatic rings. The van der Waals surface area contributed by atoms with Gasteiger partial charge >= 0.3 is 128 Å². The van der Waals surface area contributed by atoms with Gasteiger partial charge in [0.1, 0.15) is 0 Å². The average Bonchev–Trinajstić information content (AvgIpc) is 2.55. The monoisotopic (exact) mass is 438 g/mol. The second-order valence-electron chi connectivity index (χ2n) is 6.54. The summed E-state index contributed by atoms with van der Waals surface area (Å²) in [6.07, 6.45) is 3.43. The van der Waals surface area contributed by atoms with Gasteiger partial charge in [0.25, 0.3) is 0 Å². The predicted octanol–water partition coefficient (Wildman–Crippen LogP) is 3.10. The summed E-state index contributed by atoms with van der Waals surface area (Å²) < 4.78 is 2.62. The van der Waals surface area contributed by atoms with Crippen LogP contribution in [-0.2, 0) is 6.61 Å². The second-order valence-corrected chi connectivity index (χ2v) is 21.0. The number of thiol groups is 1. The SMILES string of the molecule is CS.[CH3][Sn]([CH3])([CH3])[c]1ccc2c[n+](O)c3cc(CO)ccc3c2c1. The van der Waals surface area contributed by atoms with Crippen LogP contribution in [0, 0.1) is 0 Å². The first-order valence-electron chi connectivity index (χ1n) is 7.56. The summed E-state index contributed by atoms with van der Waals surface area (Å²) in [6, 6.07) is 12.3. The molecule has 3 rings (SSSR count). The Balaban J connectivity index is 0.000000924. The minimum atomic E-state index is -2.13. The summed E-state index contributed by atoms with van der Waals surface area (Å²) in [5.41, 5.74) is 1.53. The fraction of sp³-hybridized carbons (Fsp3) is 0.278. The number of aliphatic hydroxyl groups is 1. The molecule has 3 aromatic rings. The molecule has 0 saturated carbocycles. The number of pyridine rings is 1.